The Morgan fingerprint density at radius 3 is 2.42 bits per heavy atom. The van der Waals surface area contributed by atoms with Gasteiger partial charge in [0.15, 0.2) is 0 Å². The Balaban J connectivity index is 1.31. The molecule has 0 spiro atoms. The molecule has 1 fully saturated rings. The van der Waals surface area contributed by atoms with Gasteiger partial charge in [-0.25, -0.2) is 9.78 Å². The summed E-state index contributed by atoms with van der Waals surface area (Å²) >= 11 is 0. The number of imidazole rings is 1. The number of hydrogen-bond donors (Lipinski definition) is 6. The number of nitrogens with one attached hydrogen (secondary N) is 4. The van der Waals surface area contributed by atoms with E-state index < -0.39 is 11.9 Å². The van der Waals surface area contributed by atoms with Crippen molar-refractivity contribution in [1.29, 1.82) is 0 Å². The van der Waals surface area contributed by atoms with Crippen molar-refractivity contribution in [3.05, 3.63) is 70.3 Å². The van der Waals surface area contributed by atoms with E-state index in [2.05, 4.69) is 26.7 Å². The zero-order valence-electron chi connectivity index (χ0n) is 24.3. The van der Waals surface area contributed by atoms with Crippen LogP contribution in [0.25, 0.3) is 22.2 Å². The van der Waals surface area contributed by atoms with Crippen LogP contribution in [0.2, 0.25) is 0 Å². The van der Waals surface area contributed by atoms with Gasteiger partial charge in [-0.3, -0.25) is 14.5 Å². The molecule has 224 valence electrons. The number of hydrogen-bond acceptors (Lipinski definition) is 7. The SMILES string of the molecule is Cc1nc2c(cc1-c1ccc(C[C@@H](C(N)=O)N(C(=O)C3CCC(CN)CC3)c3ccc4[nH]c(=O)[nH]c4c3)cc1)NCCN2. The summed E-state index contributed by atoms with van der Waals surface area (Å²) in [6.45, 7) is 4.26. The molecule has 0 saturated heterocycles. The number of benzene rings is 2. The van der Waals surface area contributed by atoms with E-state index >= 15 is 0 Å². The molecule has 1 atom stereocenters. The maximum atomic E-state index is 14.2. The molecule has 2 amide bonds. The Morgan fingerprint density at radius 2 is 1.70 bits per heavy atom. The molecule has 2 aromatic heterocycles. The summed E-state index contributed by atoms with van der Waals surface area (Å²) < 4.78 is 0. The van der Waals surface area contributed by atoms with Crippen LogP contribution in [-0.4, -0.2) is 52.4 Å². The summed E-state index contributed by atoms with van der Waals surface area (Å²) in [6, 6.07) is 14.4. The number of carbonyl (C=O) groups is 2. The molecule has 11 nitrogen and oxygen atoms in total. The molecule has 1 aliphatic carbocycles. The molecular weight excluding hydrogens is 544 g/mol. The van der Waals surface area contributed by atoms with Crippen molar-refractivity contribution in [3.8, 4) is 11.1 Å². The molecule has 6 rings (SSSR count). The predicted octanol–water partition coefficient (Wildman–Crippen LogP) is 3.26. The molecule has 4 aromatic rings. The molecule has 0 bridgehead atoms. The van der Waals surface area contributed by atoms with Crippen molar-refractivity contribution in [2.75, 3.05) is 35.2 Å². The second-order valence-electron chi connectivity index (χ2n) is 11.7. The first-order chi connectivity index (χ1) is 20.8. The predicted molar refractivity (Wildman–Crippen MR) is 169 cm³/mol. The highest BCUT2D eigenvalue weighted by molar-refractivity contribution is 6.02. The number of fused-ring (bicyclic) bond motifs is 2. The minimum absolute atomic E-state index is 0.134. The summed E-state index contributed by atoms with van der Waals surface area (Å²) in [5, 5.41) is 6.71. The number of H-pyrrole nitrogens is 2. The Kier molecular flexibility index (Phi) is 7.90. The number of nitrogens with two attached hydrogens (primary N) is 2. The first-order valence-electron chi connectivity index (χ1n) is 14.9. The highest BCUT2D eigenvalue weighted by Gasteiger charge is 2.36. The Bertz CT molecular complexity index is 1700. The number of amides is 2. The van der Waals surface area contributed by atoms with Gasteiger partial charge in [-0.15, -0.1) is 0 Å². The van der Waals surface area contributed by atoms with E-state index in [1.807, 2.05) is 31.2 Å². The maximum Gasteiger partial charge on any atom is 0.323 e. The topological polar surface area (TPSA) is 175 Å². The lowest BCUT2D eigenvalue weighted by Crippen LogP contribution is -2.52. The Hall–Kier alpha value is -4.64. The van der Waals surface area contributed by atoms with Gasteiger partial charge in [0.2, 0.25) is 11.8 Å². The summed E-state index contributed by atoms with van der Waals surface area (Å²) in [4.78, 5) is 50.9. The van der Waals surface area contributed by atoms with Crippen LogP contribution in [0.1, 0.15) is 36.9 Å². The van der Waals surface area contributed by atoms with Crippen LogP contribution >= 0.6 is 0 Å². The number of nitrogens with zero attached hydrogens (tertiary/aromatic N) is 2. The molecule has 0 radical (unpaired) electrons. The van der Waals surface area contributed by atoms with Gasteiger partial charge >= 0.3 is 5.69 Å². The molecule has 3 heterocycles. The van der Waals surface area contributed by atoms with Crippen molar-refractivity contribution >= 4 is 40.0 Å². The standard InChI is InChI=1S/C32H38N8O3/c1-18-24(16-27-30(37-18)36-13-12-35-27)21-6-2-19(3-7-21)14-28(29(34)41)40(31(42)22-8-4-20(17-33)5-9-22)23-10-11-25-26(15-23)39-32(43)38-25/h2-3,6-7,10-11,15-16,20,22,28,35H,4-5,8-9,12-14,17,33H2,1H3,(H2,34,41)(H,36,37)(H2,38,39,43)/t20?,22?,28-/m0/s1. The molecule has 1 aliphatic heterocycles. The number of rotatable bonds is 8. The van der Waals surface area contributed by atoms with Gasteiger partial charge in [0.1, 0.15) is 11.9 Å². The normalized spacial score (nSPS) is 18.7. The molecular formula is C32H38N8O3. The van der Waals surface area contributed by atoms with E-state index in [9.17, 15) is 14.4 Å². The van der Waals surface area contributed by atoms with E-state index in [-0.39, 0.29) is 23.9 Å². The zero-order chi connectivity index (χ0) is 30.1. The maximum absolute atomic E-state index is 14.2. The Labute approximate surface area is 249 Å². The molecule has 2 aromatic carbocycles. The number of pyridine rings is 1. The lowest BCUT2D eigenvalue weighted by Gasteiger charge is -2.35. The van der Waals surface area contributed by atoms with Crippen LogP contribution < -0.4 is 32.7 Å². The smallest absolute Gasteiger partial charge is 0.323 e. The summed E-state index contributed by atoms with van der Waals surface area (Å²) in [5.41, 5.74) is 18.1. The van der Waals surface area contributed by atoms with E-state index in [0.29, 0.717) is 42.0 Å². The van der Waals surface area contributed by atoms with Crippen molar-refractivity contribution in [3.63, 3.8) is 0 Å². The van der Waals surface area contributed by atoms with Crippen molar-refractivity contribution < 1.29 is 9.59 Å². The van der Waals surface area contributed by atoms with Gasteiger partial charge in [0, 0.05) is 42.4 Å². The van der Waals surface area contributed by atoms with Gasteiger partial charge in [0.25, 0.3) is 0 Å². The van der Waals surface area contributed by atoms with Gasteiger partial charge in [-0.1, -0.05) is 24.3 Å². The third-order valence-corrected chi connectivity index (χ3v) is 8.82. The average molecular weight is 583 g/mol. The fourth-order valence-electron chi connectivity index (χ4n) is 6.38. The fourth-order valence-corrected chi connectivity index (χ4v) is 6.38. The number of anilines is 3. The lowest BCUT2D eigenvalue weighted by atomic mass is 9.81. The number of carbonyl (C=O) groups excluding carboxylic acids is 2. The monoisotopic (exact) mass is 582 g/mol. The molecule has 2 aliphatic rings. The average Bonchev–Trinajstić information content (AvgIpc) is 3.40. The van der Waals surface area contributed by atoms with Gasteiger partial charge in [0.05, 0.1) is 16.7 Å². The first kappa shape index (κ1) is 28.5. The van der Waals surface area contributed by atoms with Crippen molar-refractivity contribution in [2.24, 2.45) is 23.3 Å². The minimum Gasteiger partial charge on any atom is -0.380 e. The van der Waals surface area contributed by atoms with Crippen LogP contribution in [0, 0.1) is 18.8 Å². The Morgan fingerprint density at radius 1 is 0.977 bits per heavy atom. The largest absolute Gasteiger partial charge is 0.380 e. The van der Waals surface area contributed by atoms with Gasteiger partial charge in [-0.2, -0.15) is 0 Å². The zero-order valence-corrected chi connectivity index (χ0v) is 24.3. The van der Waals surface area contributed by atoms with Crippen LogP contribution in [0.3, 0.4) is 0 Å². The third kappa shape index (κ3) is 5.85. The summed E-state index contributed by atoms with van der Waals surface area (Å²) in [6.07, 6.45) is 3.40. The second kappa shape index (κ2) is 11.9. The number of aryl methyl sites for hydroxylation is 1. The van der Waals surface area contributed by atoms with Crippen molar-refractivity contribution in [1.82, 2.24) is 15.0 Å². The van der Waals surface area contributed by atoms with E-state index in [1.54, 1.807) is 23.1 Å². The van der Waals surface area contributed by atoms with Crippen LogP contribution in [-0.2, 0) is 16.0 Å². The van der Waals surface area contributed by atoms with Crippen LogP contribution in [0.5, 0.6) is 0 Å². The minimum atomic E-state index is -0.920. The third-order valence-electron chi connectivity index (χ3n) is 8.82. The summed E-state index contributed by atoms with van der Waals surface area (Å²) in [5.74, 6) is 0.298. The van der Waals surface area contributed by atoms with E-state index in [0.717, 1.165) is 59.8 Å². The number of aromatic amines is 2. The quantitative estimate of drug-likeness (QED) is 0.185. The highest BCUT2D eigenvalue weighted by Crippen LogP contribution is 2.34. The fraction of sp³-hybridized carbons (Fsp3) is 0.375. The van der Waals surface area contributed by atoms with E-state index in [4.69, 9.17) is 16.5 Å². The van der Waals surface area contributed by atoms with Crippen LogP contribution in [0.15, 0.2) is 53.3 Å². The molecule has 1 saturated carbocycles. The van der Waals surface area contributed by atoms with Crippen LogP contribution in [0.4, 0.5) is 17.2 Å². The summed E-state index contributed by atoms with van der Waals surface area (Å²) in [7, 11) is 0. The lowest BCUT2D eigenvalue weighted by molar-refractivity contribution is -0.127. The van der Waals surface area contributed by atoms with Crippen molar-refractivity contribution in [2.45, 2.75) is 45.1 Å². The van der Waals surface area contributed by atoms with Gasteiger partial charge in [-0.05, 0) is 80.5 Å². The van der Waals surface area contributed by atoms with Gasteiger partial charge < -0.3 is 32.1 Å². The molecule has 0 unspecified atom stereocenters. The molecule has 8 N–H and O–H groups in total. The molecule has 11 heteroatoms. The number of primary amides is 1. The first-order valence-corrected chi connectivity index (χ1v) is 14.9. The molecule has 43 heavy (non-hydrogen) atoms. The van der Waals surface area contributed by atoms with E-state index in [1.165, 1.54) is 0 Å². The number of aromatic nitrogens is 3. The second-order valence-corrected chi connectivity index (χ2v) is 11.7. The highest BCUT2D eigenvalue weighted by atomic mass is 16.2.